The van der Waals surface area contributed by atoms with Gasteiger partial charge in [-0.1, -0.05) is 152 Å². The predicted molar refractivity (Wildman–Crippen MR) is 181 cm³/mol. The number of hydrogen-bond acceptors (Lipinski definition) is 1. The van der Waals surface area contributed by atoms with Crippen LogP contribution in [0, 0.1) is 0 Å². The molecule has 1 atom stereocenters. The van der Waals surface area contributed by atoms with Crippen molar-refractivity contribution in [3.8, 4) is 0 Å². The lowest BCUT2D eigenvalue weighted by molar-refractivity contribution is 0.539. The molecule has 1 aliphatic heterocycles. The van der Waals surface area contributed by atoms with Crippen LogP contribution >= 0.6 is 0 Å². The largest absolute Gasteiger partial charge is 0.313 e. The van der Waals surface area contributed by atoms with Crippen LogP contribution in [-0.2, 0) is 10.8 Å². The fraction of sp³-hybridized carbons (Fsp3) is 0.415. The van der Waals surface area contributed by atoms with Crippen molar-refractivity contribution in [3.63, 3.8) is 0 Å². The first-order valence-corrected chi connectivity index (χ1v) is 16.1. The number of hydrogen-bond donors (Lipinski definition) is 1. The molecule has 1 aliphatic rings. The maximum Gasteiger partial charge on any atom is 0.0243 e. The highest BCUT2D eigenvalue weighted by molar-refractivity contribution is 5.45. The van der Waals surface area contributed by atoms with Gasteiger partial charge in [-0.05, 0) is 75.7 Å². The van der Waals surface area contributed by atoms with Gasteiger partial charge in [0.1, 0.15) is 0 Å². The lowest BCUT2D eigenvalue weighted by Gasteiger charge is -2.30. The van der Waals surface area contributed by atoms with Crippen LogP contribution in [-0.4, -0.2) is 12.6 Å². The summed E-state index contributed by atoms with van der Waals surface area (Å²) in [5, 5.41) is 3.82. The molecule has 1 unspecified atom stereocenters. The molecule has 0 aliphatic carbocycles. The molecule has 4 aromatic carbocycles. The maximum absolute atomic E-state index is 3.82. The van der Waals surface area contributed by atoms with Gasteiger partial charge < -0.3 is 5.32 Å². The summed E-state index contributed by atoms with van der Waals surface area (Å²) in [7, 11) is 0. The molecule has 0 bridgehead atoms. The van der Waals surface area contributed by atoms with Crippen molar-refractivity contribution >= 4 is 0 Å². The Morgan fingerprint density at radius 3 is 1.07 bits per heavy atom. The average molecular weight is 558 g/mol. The highest BCUT2D eigenvalue weighted by atomic mass is 14.9. The zero-order chi connectivity index (χ0) is 30.1. The summed E-state index contributed by atoms with van der Waals surface area (Å²) >= 11 is 0. The molecule has 1 heterocycles. The number of nitrogens with one attached hydrogen (secondary N) is 1. The first-order chi connectivity index (χ1) is 20.0. The summed E-state index contributed by atoms with van der Waals surface area (Å²) in [4.78, 5) is 0. The van der Waals surface area contributed by atoms with Crippen molar-refractivity contribution in [3.05, 3.63) is 142 Å². The molecule has 1 saturated heterocycles. The van der Waals surface area contributed by atoms with E-state index in [1.165, 1.54) is 57.3 Å². The maximum atomic E-state index is 3.82. The first-order valence-electron chi connectivity index (χ1n) is 16.1. The molecule has 1 N–H and O–H groups in total. The molecule has 4 aromatic rings. The van der Waals surface area contributed by atoms with Crippen LogP contribution in [0.4, 0.5) is 0 Å². The Morgan fingerprint density at radius 1 is 0.500 bits per heavy atom. The van der Waals surface area contributed by atoms with Crippen LogP contribution in [0.25, 0.3) is 0 Å². The molecule has 42 heavy (non-hydrogen) atoms. The molecule has 5 rings (SSSR count). The normalized spacial score (nSPS) is 16.1. The van der Waals surface area contributed by atoms with E-state index in [4.69, 9.17) is 0 Å². The van der Waals surface area contributed by atoms with Gasteiger partial charge in [0.2, 0.25) is 0 Å². The van der Waals surface area contributed by atoms with Crippen molar-refractivity contribution in [1.82, 2.24) is 5.32 Å². The van der Waals surface area contributed by atoms with Crippen molar-refractivity contribution < 1.29 is 0 Å². The van der Waals surface area contributed by atoms with E-state index in [2.05, 4.69) is 158 Å². The Hall–Kier alpha value is -3.16. The van der Waals surface area contributed by atoms with E-state index in [-0.39, 0.29) is 10.8 Å². The second kappa shape index (κ2) is 12.2. The van der Waals surface area contributed by atoms with Crippen LogP contribution in [0.5, 0.6) is 0 Å². The van der Waals surface area contributed by atoms with Gasteiger partial charge in [0.15, 0.2) is 0 Å². The lowest BCUT2D eigenvalue weighted by atomic mass is 9.75. The smallest absolute Gasteiger partial charge is 0.0243 e. The van der Waals surface area contributed by atoms with E-state index in [9.17, 15) is 0 Å². The molecule has 220 valence electrons. The van der Waals surface area contributed by atoms with E-state index < -0.39 is 0 Å². The van der Waals surface area contributed by atoms with Crippen LogP contribution in [0.1, 0.15) is 130 Å². The molecule has 0 radical (unpaired) electrons. The Bertz CT molecular complexity index is 1320. The molecular formula is C41H51N. The fourth-order valence-corrected chi connectivity index (χ4v) is 6.77. The third-order valence-corrected chi connectivity index (χ3v) is 10.1. The van der Waals surface area contributed by atoms with E-state index in [1.54, 1.807) is 0 Å². The van der Waals surface area contributed by atoms with Crippen LogP contribution < -0.4 is 5.32 Å². The SMILES string of the molecule is CC(C)c1ccc(C(C)(C)c2ccc(C(c3ccc(C(C)(C)c4ccc(C(C)C)cc4)cc3)C3CCCN3)cc2)cc1. The lowest BCUT2D eigenvalue weighted by Crippen LogP contribution is -2.30. The molecule has 0 spiro atoms. The third-order valence-electron chi connectivity index (χ3n) is 10.1. The first kappa shape index (κ1) is 30.3. The van der Waals surface area contributed by atoms with Gasteiger partial charge in [0, 0.05) is 22.8 Å². The van der Waals surface area contributed by atoms with Crippen LogP contribution in [0.15, 0.2) is 97.1 Å². The topological polar surface area (TPSA) is 12.0 Å². The van der Waals surface area contributed by atoms with Gasteiger partial charge in [-0.25, -0.2) is 0 Å². The van der Waals surface area contributed by atoms with Gasteiger partial charge in [0.25, 0.3) is 0 Å². The second-order valence-electron chi connectivity index (χ2n) is 14.2. The zero-order valence-corrected chi connectivity index (χ0v) is 27.2. The predicted octanol–water partition coefficient (Wildman–Crippen LogP) is 10.5. The van der Waals surface area contributed by atoms with Crippen molar-refractivity contribution in [2.75, 3.05) is 6.54 Å². The molecule has 1 nitrogen and oxygen atoms in total. The zero-order valence-electron chi connectivity index (χ0n) is 27.2. The van der Waals surface area contributed by atoms with Gasteiger partial charge in [-0.15, -0.1) is 0 Å². The average Bonchev–Trinajstić information content (AvgIpc) is 3.52. The summed E-state index contributed by atoms with van der Waals surface area (Å²) in [6, 6.07) is 37.9. The molecular weight excluding hydrogens is 506 g/mol. The quantitative estimate of drug-likeness (QED) is 0.216. The minimum atomic E-state index is -0.0459. The van der Waals surface area contributed by atoms with E-state index in [0.717, 1.165) is 6.54 Å². The molecule has 0 amide bonds. The molecule has 1 heteroatoms. The Kier molecular flexibility index (Phi) is 8.81. The summed E-state index contributed by atoms with van der Waals surface area (Å²) in [5.41, 5.74) is 11.0. The second-order valence-corrected chi connectivity index (χ2v) is 14.2. The highest BCUT2D eigenvalue weighted by Crippen LogP contribution is 2.38. The third kappa shape index (κ3) is 6.13. The summed E-state index contributed by atoms with van der Waals surface area (Å²) in [5.74, 6) is 1.45. The van der Waals surface area contributed by atoms with Gasteiger partial charge in [0.05, 0.1) is 0 Å². The Labute approximate surface area is 255 Å². The standard InChI is InChI=1S/C41H51N/c1-28(2)30-11-19-34(20-12-30)40(5,6)36-23-15-32(16-24-36)39(38-10-9-27-42-38)33-17-25-37(26-18-33)41(7,8)35-21-13-31(14-22-35)29(3)4/h11-26,28-29,38-39,42H,9-10,27H2,1-8H3. The van der Waals surface area contributed by atoms with Crippen molar-refractivity contribution in [2.45, 2.75) is 103 Å². The highest BCUT2D eigenvalue weighted by Gasteiger charge is 2.30. The van der Waals surface area contributed by atoms with Gasteiger partial charge >= 0.3 is 0 Å². The summed E-state index contributed by atoms with van der Waals surface area (Å²) < 4.78 is 0. The van der Waals surface area contributed by atoms with Crippen molar-refractivity contribution in [2.24, 2.45) is 0 Å². The number of benzene rings is 4. The minimum Gasteiger partial charge on any atom is -0.313 e. The summed E-state index contributed by atoms with van der Waals surface area (Å²) in [6.45, 7) is 19.5. The monoisotopic (exact) mass is 557 g/mol. The minimum absolute atomic E-state index is 0.0459. The molecule has 1 fully saturated rings. The van der Waals surface area contributed by atoms with Crippen molar-refractivity contribution in [1.29, 1.82) is 0 Å². The fourth-order valence-electron chi connectivity index (χ4n) is 6.77. The van der Waals surface area contributed by atoms with Crippen LogP contribution in [0.3, 0.4) is 0 Å². The Balaban J connectivity index is 1.41. The van der Waals surface area contributed by atoms with E-state index in [0.29, 0.717) is 23.8 Å². The van der Waals surface area contributed by atoms with Gasteiger partial charge in [-0.3, -0.25) is 0 Å². The number of rotatable bonds is 9. The summed E-state index contributed by atoms with van der Waals surface area (Å²) in [6.07, 6.45) is 2.46. The van der Waals surface area contributed by atoms with Crippen LogP contribution in [0.2, 0.25) is 0 Å². The Morgan fingerprint density at radius 2 is 0.810 bits per heavy atom. The van der Waals surface area contributed by atoms with Gasteiger partial charge in [-0.2, -0.15) is 0 Å². The van der Waals surface area contributed by atoms with E-state index in [1.807, 2.05) is 0 Å². The van der Waals surface area contributed by atoms with E-state index >= 15 is 0 Å². The molecule has 0 saturated carbocycles. The molecule has 0 aromatic heterocycles.